The van der Waals surface area contributed by atoms with Crippen molar-refractivity contribution < 1.29 is 9.53 Å². The molecule has 1 amide bonds. The smallest absolute Gasteiger partial charge is 0.243 e. The second-order valence-electron chi connectivity index (χ2n) is 6.30. The number of carbonyl (C=O) groups is 1. The highest BCUT2D eigenvalue weighted by molar-refractivity contribution is 5.80. The molecule has 0 saturated heterocycles. The van der Waals surface area contributed by atoms with Crippen LogP contribution < -0.4 is 4.74 Å². The normalized spacial score (nSPS) is 14.8. The predicted molar refractivity (Wildman–Crippen MR) is 102 cm³/mol. The van der Waals surface area contributed by atoms with Gasteiger partial charge in [0.2, 0.25) is 11.8 Å². The zero-order valence-electron chi connectivity index (χ0n) is 15.5. The van der Waals surface area contributed by atoms with Gasteiger partial charge in [-0.05, 0) is 23.6 Å². The van der Waals surface area contributed by atoms with E-state index in [4.69, 9.17) is 15.3 Å². The van der Waals surface area contributed by atoms with Gasteiger partial charge < -0.3 is 4.74 Å². The molecule has 0 saturated carbocycles. The van der Waals surface area contributed by atoms with Crippen LogP contribution in [-0.4, -0.2) is 38.7 Å². The molecule has 0 fully saturated rings. The Bertz CT molecular complexity index is 1020. The van der Waals surface area contributed by atoms with Gasteiger partial charge in [0.15, 0.2) is 5.69 Å². The number of amides is 1. The number of carbonyl (C=O) groups excluding carboxylic acids is 1. The van der Waals surface area contributed by atoms with E-state index in [0.29, 0.717) is 18.4 Å². The summed E-state index contributed by atoms with van der Waals surface area (Å²) in [4.78, 5) is 24.5. The monoisotopic (exact) mass is 387 g/mol. The fourth-order valence-electron chi connectivity index (χ4n) is 2.73. The van der Waals surface area contributed by atoms with Crippen LogP contribution in [0.2, 0.25) is 0 Å². The maximum absolute atomic E-state index is 12.6. The molecule has 0 aromatic carbocycles. The van der Waals surface area contributed by atoms with Crippen molar-refractivity contribution in [3.05, 3.63) is 59.8 Å². The molecule has 0 N–H and O–H groups in total. The van der Waals surface area contributed by atoms with E-state index in [2.05, 4.69) is 32.7 Å². The first-order valence-electron chi connectivity index (χ1n) is 8.82. The molecule has 0 aliphatic carbocycles. The molecule has 9 nitrogen and oxygen atoms in total. The third-order valence-electron chi connectivity index (χ3n) is 4.22. The summed E-state index contributed by atoms with van der Waals surface area (Å²) in [6, 6.07) is 5.39. The van der Waals surface area contributed by atoms with Gasteiger partial charge in [-0.25, -0.2) is 15.0 Å². The summed E-state index contributed by atoms with van der Waals surface area (Å²) in [5, 5.41) is 23.4. The number of hydrazone groups is 1. The molecule has 0 bridgehead atoms. The van der Waals surface area contributed by atoms with Crippen LogP contribution in [0.1, 0.15) is 42.1 Å². The number of pyridine rings is 1. The molecule has 3 rings (SSSR count). The number of ether oxygens (including phenoxy) is 1. The molecule has 2 aromatic rings. The Morgan fingerprint density at radius 1 is 1.21 bits per heavy atom. The lowest BCUT2D eigenvalue weighted by Gasteiger charge is -2.22. The average Bonchev–Trinajstić information content (AvgIpc) is 3.26. The van der Waals surface area contributed by atoms with Crippen molar-refractivity contribution >= 4 is 12.1 Å². The SMILES string of the molecule is C=C(CCC(=O)N1N=CCC1c1cncc(C#N)c1)COc1cnc(C#N)cn1. The molecule has 144 valence electrons. The summed E-state index contributed by atoms with van der Waals surface area (Å²) in [7, 11) is 0. The molecule has 1 atom stereocenters. The van der Waals surface area contributed by atoms with Crippen LogP contribution in [-0.2, 0) is 4.79 Å². The minimum Gasteiger partial charge on any atom is -0.472 e. The van der Waals surface area contributed by atoms with Gasteiger partial charge in [-0.3, -0.25) is 9.78 Å². The Morgan fingerprint density at radius 3 is 2.79 bits per heavy atom. The minimum atomic E-state index is -0.262. The highest BCUT2D eigenvalue weighted by atomic mass is 16.5. The molecule has 2 aromatic heterocycles. The number of aromatic nitrogens is 3. The summed E-state index contributed by atoms with van der Waals surface area (Å²) in [6.45, 7) is 4.11. The third kappa shape index (κ3) is 4.99. The van der Waals surface area contributed by atoms with Gasteiger partial charge >= 0.3 is 0 Å². The van der Waals surface area contributed by atoms with Crippen molar-refractivity contribution in [1.82, 2.24) is 20.0 Å². The van der Waals surface area contributed by atoms with Gasteiger partial charge in [0.05, 0.1) is 24.0 Å². The molecule has 3 heterocycles. The number of hydrogen-bond donors (Lipinski definition) is 0. The Labute approximate surface area is 167 Å². The molecule has 0 spiro atoms. The van der Waals surface area contributed by atoms with Crippen LogP contribution in [0, 0.1) is 22.7 Å². The van der Waals surface area contributed by atoms with Crippen LogP contribution in [0.3, 0.4) is 0 Å². The molecule has 29 heavy (non-hydrogen) atoms. The summed E-state index contributed by atoms with van der Waals surface area (Å²) >= 11 is 0. The maximum Gasteiger partial charge on any atom is 0.243 e. The van der Waals surface area contributed by atoms with Crippen LogP contribution in [0.25, 0.3) is 0 Å². The van der Waals surface area contributed by atoms with Crippen molar-refractivity contribution in [2.45, 2.75) is 25.3 Å². The largest absolute Gasteiger partial charge is 0.472 e. The van der Waals surface area contributed by atoms with Crippen molar-refractivity contribution in [2.75, 3.05) is 6.61 Å². The third-order valence-corrected chi connectivity index (χ3v) is 4.22. The Morgan fingerprint density at radius 2 is 2.07 bits per heavy atom. The molecule has 1 aliphatic heterocycles. The standard InChI is InChI=1S/C20H17N7O2/c1-14(13-29-19-12-24-17(8-22)11-25-19)2-3-20(28)27-18(4-5-26-27)16-6-15(7-21)9-23-10-16/h5-6,9-12,18H,1-4,13H2. The summed E-state index contributed by atoms with van der Waals surface area (Å²) < 4.78 is 5.47. The van der Waals surface area contributed by atoms with Gasteiger partial charge in [0, 0.05) is 31.4 Å². The number of nitrogens with zero attached hydrogens (tertiary/aromatic N) is 7. The van der Waals surface area contributed by atoms with Gasteiger partial charge in [-0.2, -0.15) is 15.6 Å². The lowest BCUT2D eigenvalue weighted by Crippen LogP contribution is -2.27. The molecule has 1 aliphatic rings. The second kappa shape index (κ2) is 9.20. The zero-order chi connectivity index (χ0) is 20.6. The van der Waals surface area contributed by atoms with Crippen LogP contribution in [0.5, 0.6) is 5.88 Å². The number of nitriles is 2. The number of rotatable bonds is 7. The minimum absolute atomic E-state index is 0.148. The van der Waals surface area contributed by atoms with E-state index in [0.717, 1.165) is 11.1 Å². The first kappa shape index (κ1) is 19.6. The highest BCUT2D eigenvalue weighted by Gasteiger charge is 2.28. The van der Waals surface area contributed by atoms with Crippen molar-refractivity contribution in [1.29, 1.82) is 10.5 Å². The van der Waals surface area contributed by atoms with Crippen LogP contribution in [0.15, 0.2) is 48.1 Å². The first-order chi connectivity index (χ1) is 14.1. The quantitative estimate of drug-likeness (QED) is 0.667. The van der Waals surface area contributed by atoms with E-state index in [1.807, 2.05) is 6.07 Å². The Balaban J connectivity index is 1.51. The average molecular weight is 387 g/mol. The highest BCUT2D eigenvalue weighted by Crippen LogP contribution is 2.29. The van der Waals surface area contributed by atoms with Crippen LogP contribution in [0.4, 0.5) is 0 Å². The van der Waals surface area contributed by atoms with Crippen LogP contribution >= 0.6 is 0 Å². The van der Waals surface area contributed by atoms with Gasteiger partial charge in [-0.15, -0.1) is 0 Å². The van der Waals surface area contributed by atoms with E-state index in [9.17, 15) is 4.79 Å². The molecule has 0 radical (unpaired) electrons. The van der Waals surface area contributed by atoms with Crippen molar-refractivity contribution in [3.63, 3.8) is 0 Å². The molecular weight excluding hydrogens is 370 g/mol. The Kier molecular flexibility index (Phi) is 6.23. The summed E-state index contributed by atoms with van der Waals surface area (Å²) in [5.41, 5.74) is 2.14. The van der Waals surface area contributed by atoms with Crippen molar-refractivity contribution in [2.24, 2.45) is 5.10 Å². The lowest BCUT2D eigenvalue weighted by molar-refractivity contribution is -0.133. The predicted octanol–water partition coefficient (Wildman–Crippen LogP) is 2.29. The molecule has 9 heteroatoms. The topological polar surface area (TPSA) is 128 Å². The van der Waals surface area contributed by atoms with Gasteiger partial charge in [-0.1, -0.05) is 6.58 Å². The maximum atomic E-state index is 12.6. The molecular formula is C20H17N7O2. The van der Waals surface area contributed by atoms with E-state index in [1.54, 1.807) is 18.5 Å². The van der Waals surface area contributed by atoms with E-state index < -0.39 is 0 Å². The first-order valence-corrected chi connectivity index (χ1v) is 8.82. The fraction of sp³-hybridized carbons (Fsp3) is 0.250. The van der Waals surface area contributed by atoms with Gasteiger partial charge in [0.25, 0.3) is 0 Å². The summed E-state index contributed by atoms with van der Waals surface area (Å²) in [6.07, 6.45) is 8.72. The zero-order valence-corrected chi connectivity index (χ0v) is 15.5. The summed E-state index contributed by atoms with van der Waals surface area (Å²) in [5.74, 6) is 0.135. The Hall–Kier alpha value is -4.11. The lowest BCUT2D eigenvalue weighted by atomic mass is 10.0. The van der Waals surface area contributed by atoms with Gasteiger partial charge in [0.1, 0.15) is 18.7 Å². The van der Waals surface area contributed by atoms with E-state index >= 15 is 0 Å². The van der Waals surface area contributed by atoms with E-state index in [1.165, 1.54) is 23.6 Å². The van der Waals surface area contributed by atoms with E-state index in [-0.39, 0.29) is 36.6 Å². The molecule has 1 unspecified atom stereocenters. The second-order valence-corrected chi connectivity index (χ2v) is 6.30. The number of hydrogen-bond acceptors (Lipinski definition) is 8. The van der Waals surface area contributed by atoms with Crippen molar-refractivity contribution in [3.8, 4) is 18.0 Å². The fourth-order valence-corrected chi connectivity index (χ4v) is 2.73.